The summed E-state index contributed by atoms with van der Waals surface area (Å²) < 4.78 is 11.5. The van der Waals surface area contributed by atoms with Gasteiger partial charge in [-0.05, 0) is 25.5 Å². The van der Waals surface area contributed by atoms with Gasteiger partial charge in [0.2, 0.25) is 0 Å². The molecule has 1 aromatic carbocycles. The first kappa shape index (κ1) is 19.1. The van der Waals surface area contributed by atoms with Gasteiger partial charge in [0.1, 0.15) is 6.61 Å². The first-order chi connectivity index (χ1) is 10.3. The largest absolute Gasteiger partial charge is 0.490 e. The van der Waals surface area contributed by atoms with Gasteiger partial charge in [0.05, 0.1) is 6.61 Å². The summed E-state index contributed by atoms with van der Waals surface area (Å²) in [7, 11) is 0. The number of ether oxygens (including phenoxy) is 2. The average molecular weight is 329 g/mol. The molecule has 1 atom stereocenters. The molecule has 0 aromatic heterocycles. The zero-order valence-electron chi connectivity index (χ0n) is 13.7. The number of nitrogens with one attached hydrogen (secondary N) is 1. The fourth-order valence-electron chi connectivity index (χ4n) is 2.83. The first-order valence-corrected chi connectivity index (χ1v) is 8.14. The number of rotatable bonds is 8. The maximum atomic E-state index is 5.93. The van der Waals surface area contributed by atoms with Gasteiger partial charge in [-0.1, -0.05) is 25.5 Å². The second kappa shape index (κ2) is 10.7. The Balaban J connectivity index is 0.00000242. The van der Waals surface area contributed by atoms with Crippen molar-refractivity contribution in [3.05, 3.63) is 24.3 Å². The van der Waals surface area contributed by atoms with Gasteiger partial charge in [-0.25, -0.2) is 0 Å². The Morgan fingerprint density at radius 3 is 2.59 bits per heavy atom. The summed E-state index contributed by atoms with van der Waals surface area (Å²) in [6, 6.07) is 8.55. The van der Waals surface area contributed by atoms with Crippen molar-refractivity contribution in [1.29, 1.82) is 0 Å². The van der Waals surface area contributed by atoms with Crippen molar-refractivity contribution >= 4 is 12.4 Å². The Bertz CT molecular complexity index is 415. The van der Waals surface area contributed by atoms with E-state index in [4.69, 9.17) is 9.47 Å². The van der Waals surface area contributed by atoms with Crippen molar-refractivity contribution in [1.82, 2.24) is 10.2 Å². The molecular weight excluding hydrogens is 300 g/mol. The third-order valence-corrected chi connectivity index (χ3v) is 3.88. The van der Waals surface area contributed by atoms with E-state index in [1.54, 1.807) is 0 Å². The lowest BCUT2D eigenvalue weighted by molar-refractivity contribution is 0.125. The van der Waals surface area contributed by atoms with Crippen LogP contribution in [0.1, 0.15) is 26.7 Å². The Morgan fingerprint density at radius 1 is 1.18 bits per heavy atom. The van der Waals surface area contributed by atoms with E-state index in [1.807, 2.05) is 31.2 Å². The highest BCUT2D eigenvalue weighted by Gasteiger charge is 2.20. The minimum atomic E-state index is 0. The SMILES string of the molecule is CCCC1CNCCN1CCOc1ccccc1OCC.Cl. The lowest BCUT2D eigenvalue weighted by Gasteiger charge is -2.36. The average Bonchev–Trinajstić information content (AvgIpc) is 2.51. The summed E-state index contributed by atoms with van der Waals surface area (Å²) >= 11 is 0. The van der Waals surface area contributed by atoms with Crippen LogP contribution in [0, 0.1) is 0 Å². The zero-order valence-corrected chi connectivity index (χ0v) is 14.5. The van der Waals surface area contributed by atoms with Gasteiger partial charge in [-0.15, -0.1) is 12.4 Å². The molecule has 1 aliphatic rings. The topological polar surface area (TPSA) is 33.7 Å². The standard InChI is InChI=1S/C17H28N2O2.ClH/c1-3-7-15-14-18-10-11-19(15)12-13-21-17-9-6-5-8-16(17)20-4-2;/h5-6,8-9,15,18H,3-4,7,10-14H2,1-2H3;1H. The maximum absolute atomic E-state index is 5.93. The fraction of sp³-hybridized carbons (Fsp3) is 0.647. The molecule has 22 heavy (non-hydrogen) atoms. The van der Waals surface area contributed by atoms with Crippen LogP contribution >= 0.6 is 12.4 Å². The van der Waals surface area contributed by atoms with Crippen molar-refractivity contribution in [2.24, 2.45) is 0 Å². The number of piperazine rings is 1. The molecule has 0 spiro atoms. The first-order valence-electron chi connectivity index (χ1n) is 8.14. The van der Waals surface area contributed by atoms with Gasteiger partial charge >= 0.3 is 0 Å². The van der Waals surface area contributed by atoms with Crippen LogP contribution in [0.3, 0.4) is 0 Å². The van der Waals surface area contributed by atoms with E-state index in [0.29, 0.717) is 19.3 Å². The lowest BCUT2D eigenvalue weighted by atomic mass is 10.1. The quantitative estimate of drug-likeness (QED) is 0.795. The van der Waals surface area contributed by atoms with Crippen LogP contribution in [0.2, 0.25) is 0 Å². The molecule has 1 fully saturated rings. The van der Waals surface area contributed by atoms with Crippen LogP contribution in [-0.2, 0) is 0 Å². The molecule has 1 aromatic rings. The highest BCUT2D eigenvalue weighted by Crippen LogP contribution is 2.26. The monoisotopic (exact) mass is 328 g/mol. The lowest BCUT2D eigenvalue weighted by Crippen LogP contribution is -2.52. The smallest absolute Gasteiger partial charge is 0.161 e. The maximum Gasteiger partial charge on any atom is 0.161 e. The van der Waals surface area contributed by atoms with Crippen LogP contribution in [0.4, 0.5) is 0 Å². The molecule has 5 heteroatoms. The van der Waals surface area contributed by atoms with Crippen molar-refractivity contribution in [3.63, 3.8) is 0 Å². The van der Waals surface area contributed by atoms with Gasteiger partial charge < -0.3 is 14.8 Å². The van der Waals surface area contributed by atoms with E-state index in [9.17, 15) is 0 Å². The second-order valence-electron chi connectivity index (χ2n) is 5.41. The molecule has 126 valence electrons. The molecule has 4 nitrogen and oxygen atoms in total. The zero-order chi connectivity index (χ0) is 14.9. The molecule has 1 aliphatic heterocycles. The molecule has 0 radical (unpaired) electrons. The highest BCUT2D eigenvalue weighted by atomic mass is 35.5. The summed E-state index contributed by atoms with van der Waals surface area (Å²) in [5.41, 5.74) is 0. The van der Waals surface area contributed by atoms with Crippen molar-refractivity contribution in [2.45, 2.75) is 32.7 Å². The molecule has 0 amide bonds. The molecule has 1 unspecified atom stereocenters. The molecule has 1 saturated heterocycles. The van der Waals surface area contributed by atoms with Gasteiger partial charge in [0, 0.05) is 32.2 Å². The van der Waals surface area contributed by atoms with E-state index in [0.717, 1.165) is 37.7 Å². The van der Waals surface area contributed by atoms with Crippen LogP contribution in [0.15, 0.2) is 24.3 Å². The molecular formula is C17H29ClN2O2. The van der Waals surface area contributed by atoms with Crippen LogP contribution in [-0.4, -0.2) is 50.3 Å². The van der Waals surface area contributed by atoms with Crippen molar-refractivity contribution < 1.29 is 9.47 Å². The van der Waals surface area contributed by atoms with Gasteiger partial charge in [0.25, 0.3) is 0 Å². The van der Waals surface area contributed by atoms with Crippen LogP contribution in [0.25, 0.3) is 0 Å². The molecule has 1 heterocycles. The number of nitrogens with zero attached hydrogens (tertiary/aromatic N) is 1. The molecule has 0 aliphatic carbocycles. The summed E-state index contributed by atoms with van der Waals surface area (Å²) in [4.78, 5) is 2.54. The summed E-state index contributed by atoms with van der Waals surface area (Å²) in [6.07, 6.45) is 2.49. The Hall–Kier alpha value is -0.970. The number of benzene rings is 1. The van der Waals surface area contributed by atoms with Crippen LogP contribution < -0.4 is 14.8 Å². The number of hydrogen-bond acceptors (Lipinski definition) is 4. The Morgan fingerprint density at radius 2 is 1.91 bits per heavy atom. The van der Waals surface area contributed by atoms with Crippen molar-refractivity contribution in [2.75, 3.05) is 39.4 Å². The number of hydrogen-bond donors (Lipinski definition) is 1. The predicted octanol–water partition coefficient (Wildman–Crippen LogP) is 2.96. The highest BCUT2D eigenvalue weighted by molar-refractivity contribution is 5.85. The van der Waals surface area contributed by atoms with Crippen molar-refractivity contribution in [3.8, 4) is 11.5 Å². The van der Waals surface area contributed by atoms with E-state index in [2.05, 4.69) is 17.1 Å². The van der Waals surface area contributed by atoms with E-state index >= 15 is 0 Å². The number of halogens is 1. The fourth-order valence-corrected chi connectivity index (χ4v) is 2.83. The van der Waals surface area contributed by atoms with E-state index in [-0.39, 0.29) is 12.4 Å². The minimum Gasteiger partial charge on any atom is -0.490 e. The third kappa shape index (κ3) is 5.67. The normalized spacial score (nSPS) is 18.5. The van der Waals surface area contributed by atoms with Crippen LogP contribution in [0.5, 0.6) is 11.5 Å². The Labute approximate surface area is 140 Å². The summed E-state index contributed by atoms with van der Waals surface area (Å²) in [5, 5.41) is 3.48. The molecule has 1 N–H and O–H groups in total. The summed E-state index contributed by atoms with van der Waals surface area (Å²) in [5.74, 6) is 1.69. The molecule has 2 rings (SSSR count). The van der Waals surface area contributed by atoms with Gasteiger partial charge in [-0.3, -0.25) is 4.90 Å². The minimum absolute atomic E-state index is 0. The number of para-hydroxylation sites is 2. The van der Waals surface area contributed by atoms with Gasteiger partial charge in [0.15, 0.2) is 11.5 Å². The molecule has 0 saturated carbocycles. The van der Waals surface area contributed by atoms with Gasteiger partial charge in [-0.2, -0.15) is 0 Å². The predicted molar refractivity (Wildman–Crippen MR) is 93.5 cm³/mol. The third-order valence-electron chi connectivity index (χ3n) is 3.88. The summed E-state index contributed by atoms with van der Waals surface area (Å²) in [6.45, 7) is 9.89. The molecule has 0 bridgehead atoms. The van der Waals surface area contributed by atoms with E-state index < -0.39 is 0 Å². The second-order valence-corrected chi connectivity index (χ2v) is 5.41. The Kier molecular flexibility index (Phi) is 9.28. The van der Waals surface area contributed by atoms with E-state index in [1.165, 1.54) is 12.8 Å².